The highest BCUT2D eigenvalue weighted by Gasteiger charge is 2.51. The Morgan fingerprint density at radius 3 is 2.32 bits per heavy atom. The molecule has 0 radical (unpaired) electrons. The van der Waals surface area contributed by atoms with E-state index in [0.717, 1.165) is 18.0 Å². The van der Waals surface area contributed by atoms with Crippen LogP contribution in [0.4, 0.5) is 0 Å². The van der Waals surface area contributed by atoms with E-state index in [2.05, 4.69) is 10.5 Å². The summed E-state index contributed by atoms with van der Waals surface area (Å²) < 4.78 is 21.8. The first-order valence-corrected chi connectivity index (χ1v) is 11.1. The summed E-state index contributed by atoms with van der Waals surface area (Å²) >= 11 is -2.99. The summed E-state index contributed by atoms with van der Waals surface area (Å²) in [5.74, 6) is -3.24. The Morgan fingerprint density at radius 1 is 1.21 bits per heavy atom. The standard InChI is InChI=1S/C22H23N3O8S/c1-12-9-18(28)25(12)19(21(30)31)22(2,34(32)33)11-23-24-20(29)14-5-3-13(4-6-14)15-7-8-16(26)17(27)10-15/h3-8,10-12,19,26-27H,9H2,1-2H3,(H,24,29)(H,30,31)(H,32,33)/p-1/b23-11+/t12-,19+,22+/m1/s1. The minimum Gasteiger partial charge on any atom is -0.772 e. The van der Waals surface area contributed by atoms with Crippen LogP contribution in [0.1, 0.15) is 30.6 Å². The number of phenols is 2. The van der Waals surface area contributed by atoms with E-state index >= 15 is 0 Å². The normalized spacial score (nSPS) is 19.2. The SMILES string of the molecule is C[C@@H]1CC(=O)N1[C@@H](C(=O)O)[C@](C)(/C=N/NC(=O)c1ccc(-c2ccc(O)c(O)c2)cc1)S(=O)[O-]. The number of nitrogens with zero attached hydrogens (tertiary/aromatic N) is 2. The van der Waals surface area contributed by atoms with Gasteiger partial charge < -0.3 is 24.8 Å². The molecular formula is C22H22N3O8S-. The molecule has 1 unspecified atom stereocenters. The molecule has 0 saturated carbocycles. The Hall–Kier alpha value is -3.77. The lowest BCUT2D eigenvalue weighted by atomic mass is 9.92. The fraction of sp³-hybridized carbons (Fsp3) is 0.273. The molecule has 0 bridgehead atoms. The van der Waals surface area contributed by atoms with Crippen LogP contribution in [-0.2, 0) is 20.7 Å². The molecule has 3 rings (SSSR count). The summed E-state index contributed by atoms with van der Waals surface area (Å²) in [6.07, 6.45) is 0.900. The first kappa shape index (κ1) is 24.9. The number of aromatic hydroxyl groups is 2. The van der Waals surface area contributed by atoms with Gasteiger partial charge in [-0.05, 0) is 60.3 Å². The van der Waals surface area contributed by atoms with Crippen LogP contribution < -0.4 is 5.43 Å². The number of carboxylic acid groups (broad SMARTS) is 1. The van der Waals surface area contributed by atoms with Gasteiger partial charge in [0.1, 0.15) is 0 Å². The van der Waals surface area contributed by atoms with Gasteiger partial charge in [-0.1, -0.05) is 18.2 Å². The third-order valence-corrected chi connectivity index (χ3v) is 6.64. The summed E-state index contributed by atoms with van der Waals surface area (Å²) in [6.45, 7) is 2.71. The maximum Gasteiger partial charge on any atom is 0.328 e. The molecule has 0 aliphatic carbocycles. The quantitative estimate of drug-likeness (QED) is 0.141. The number of carbonyl (C=O) groups excluding carboxylic acids is 2. The van der Waals surface area contributed by atoms with Crippen LogP contribution in [-0.4, -0.2) is 69.8 Å². The van der Waals surface area contributed by atoms with Crippen molar-refractivity contribution in [1.29, 1.82) is 0 Å². The number of aliphatic carboxylic acids is 1. The molecular weight excluding hydrogens is 466 g/mol. The number of likely N-dealkylation sites (tertiary alicyclic amines) is 1. The van der Waals surface area contributed by atoms with Crippen LogP contribution in [0, 0.1) is 0 Å². The van der Waals surface area contributed by atoms with Crippen molar-refractivity contribution in [3.8, 4) is 22.6 Å². The maximum atomic E-state index is 12.4. The maximum absolute atomic E-state index is 12.4. The summed E-state index contributed by atoms with van der Waals surface area (Å²) in [7, 11) is 0. The largest absolute Gasteiger partial charge is 0.772 e. The van der Waals surface area contributed by atoms with Gasteiger partial charge in [0.15, 0.2) is 17.5 Å². The van der Waals surface area contributed by atoms with Crippen LogP contribution in [0.2, 0.25) is 0 Å². The lowest BCUT2D eigenvalue weighted by molar-refractivity contribution is -0.161. The summed E-state index contributed by atoms with van der Waals surface area (Å²) in [6, 6.07) is 8.23. The average Bonchev–Trinajstić information content (AvgIpc) is 2.78. The molecule has 0 aromatic heterocycles. The first-order chi connectivity index (χ1) is 16.0. The monoisotopic (exact) mass is 488 g/mol. The van der Waals surface area contributed by atoms with E-state index in [4.69, 9.17) is 0 Å². The number of amides is 2. The van der Waals surface area contributed by atoms with E-state index in [1.54, 1.807) is 25.1 Å². The number of hydrogen-bond acceptors (Lipinski definition) is 8. The molecule has 12 heteroatoms. The van der Waals surface area contributed by atoms with E-state index in [1.807, 2.05) is 0 Å². The molecule has 1 saturated heterocycles. The number of β-lactam (4-membered cyclic amide) rings is 1. The van der Waals surface area contributed by atoms with E-state index in [0.29, 0.717) is 11.1 Å². The zero-order valence-corrected chi connectivity index (χ0v) is 19.0. The van der Waals surface area contributed by atoms with Crippen LogP contribution in [0.15, 0.2) is 47.6 Å². The first-order valence-electron chi connectivity index (χ1n) is 10.1. The van der Waals surface area contributed by atoms with Crippen molar-refractivity contribution in [3.63, 3.8) is 0 Å². The van der Waals surface area contributed by atoms with Gasteiger partial charge >= 0.3 is 5.97 Å². The molecule has 2 aromatic rings. The van der Waals surface area contributed by atoms with E-state index in [9.17, 15) is 38.5 Å². The predicted molar refractivity (Wildman–Crippen MR) is 121 cm³/mol. The highest BCUT2D eigenvalue weighted by molar-refractivity contribution is 7.81. The molecule has 1 aliphatic rings. The number of phenolic OH excluding ortho intramolecular Hbond substituents is 2. The van der Waals surface area contributed by atoms with Crippen molar-refractivity contribution < 1.29 is 38.5 Å². The van der Waals surface area contributed by atoms with Crippen molar-refractivity contribution in [2.45, 2.75) is 37.1 Å². The Balaban J connectivity index is 1.76. The van der Waals surface area contributed by atoms with E-state index in [1.165, 1.54) is 24.3 Å². The van der Waals surface area contributed by atoms with Crippen LogP contribution in [0.5, 0.6) is 11.5 Å². The molecule has 2 aromatic carbocycles. The number of carboxylic acids is 1. The van der Waals surface area contributed by atoms with Gasteiger partial charge in [-0.25, -0.2) is 10.2 Å². The Kier molecular flexibility index (Phi) is 7.03. The third-order valence-electron chi connectivity index (χ3n) is 5.59. The highest BCUT2D eigenvalue weighted by Crippen LogP contribution is 2.31. The van der Waals surface area contributed by atoms with Crippen molar-refractivity contribution >= 4 is 35.1 Å². The second kappa shape index (κ2) is 9.61. The smallest absolute Gasteiger partial charge is 0.328 e. The number of carbonyl (C=O) groups is 3. The van der Waals surface area contributed by atoms with Gasteiger partial charge in [-0.3, -0.25) is 13.8 Å². The minimum absolute atomic E-state index is 0.110. The Morgan fingerprint density at radius 2 is 1.82 bits per heavy atom. The lowest BCUT2D eigenvalue weighted by Gasteiger charge is -2.48. The fourth-order valence-electron chi connectivity index (χ4n) is 3.63. The van der Waals surface area contributed by atoms with E-state index in [-0.39, 0.29) is 23.5 Å². The van der Waals surface area contributed by atoms with E-state index < -0.39 is 45.7 Å². The summed E-state index contributed by atoms with van der Waals surface area (Å²) in [5.41, 5.74) is 3.60. The van der Waals surface area contributed by atoms with Crippen molar-refractivity contribution in [1.82, 2.24) is 10.3 Å². The molecule has 1 aliphatic heterocycles. The fourth-order valence-corrected chi connectivity index (χ4v) is 4.17. The van der Waals surface area contributed by atoms with Gasteiger partial charge in [-0.2, -0.15) is 5.10 Å². The molecule has 34 heavy (non-hydrogen) atoms. The number of hydrogen-bond donors (Lipinski definition) is 4. The minimum atomic E-state index is -2.99. The van der Waals surface area contributed by atoms with Crippen LogP contribution in [0.3, 0.4) is 0 Å². The molecule has 4 N–H and O–H groups in total. The number of nitrogens with one attached hydrogen (secondary N) is 1. The second-order valence-electron chi connectivity index (χ2n) is 7.99. The zero-order valence-electron chi connectivity index (χ0n) is 18.2. The van der Waals surface area contributed by atoms with Gasteiger partial charge in [-0.15, -0.1) is 0 Å². The summed E-state index contributed by atoms with van der Waals surface area (Å²) in [4.78, 5) is 37.1. The van der Waals surface area contributed by atoms with Crippen molar-refractivity contribution in [2.75, 3.05) is 0 Å². The molecule has 180 valence electrons. The van der Waals surface area contributed by atoms with Crippen molar-refractivity contribution in [2.24, 2.45) is 5.10 Å². The number of benzene rings is 2. The number of rotatable bonds is 8. The lowest BCUT2D eigenvalue weighted by Crippen LogP contribution is -2.67. The van der Waals surface area contributed by atoms with Gasteiger partial charge in [0.05, 0.1) is 4.75 Å². The predicted octanol–water partition coefficient (Wildman–Crippen LogP) is 1.19. The topological polar surface area (TPSA) is 180 Å². The van der Waals surface area contributed by atoms with Crippen molar-refractivity contribution in [3.05, 3.63) is 48.0 Å². The highest BCUT2D eigenvalue weighted by atomic mass is 32.2. The van der Waals surface area contributed by atoms with Gasteiger partial charge in [0, 0.05) is 24.2 Å². The second-order valence-corrected chi connectivity index (χ2v) is 9.34. The van der Waals surface area contributed by atoms with Gasteiger partial charge in [0.2, 0.25) is 5.91 Å². The molecule has 11 nitrogen and oxygen atoms in total. The molecule has 1 fully saturated rings. The molecule has 2 amide bonds. The Bertz CT molecular complexity index is 1180. The average molecular weight is 488 g/mol. The van der Waals surface area contributed by atoms with Crippen LogP contribution in [0.25, 0.3) is 11.1 Å². The molecule has 0 spiro atoms. The molecule has 1 heterocycles. The number of hydrazone groups is 1. The zero-order chi connectivity index (χ0) is 25.2. The van der Waals surface area contributed by atoms with Gasteiger partial charge in [0.25, 0.3) is 5.91 Å². The third kappa shape index (κ3) is 4.77. The molecule has 4 atom stereocenters. The Labute approximate surface area is 197 Å². The van der Waals surface area contributed by atoms with Crippen LogP contribution >= 0.6 is 0 Å². The summed E-state index contributed by atoms with van der Waals surface area (Å²) in [5, 5.41) is 32.3.